The van der Waals surface area contributed by atoms with Gasteiger partial charge in [0.2, 0.25) is 0 Å². The Morgan fingerprint density at radius 3 is 2.35 bits per heavy atom. The number of pyridine rings is 1. The maximum absolute atomic E-state index is 14.4. The molecule has 9 nitrogen and oxygen atoms in total. The average molecular weight is 727 g/mol. The molecule has 4 rings (SSSR count). The second-order valence-electron chi connectivity index (χ2n) is 12.0. The zero-order valence-corrected chi connectivity index (χ0v) is 30.0. The summed E-state index contributed by atoms with van der Waals surface area (Å²) in [5, 5.41) is -0.551. The van der Waals surface area contributed by atoms with Gasteiger partial charge in [0.05, 0.1) is 29.3 Å². The molecule has 3 heterocycles. The van der Waals surface area contributed by atoms with Crippen molar-refractivity contribution in [1.29, 1.82) is 0 Å². The number of hydrogen-bond donors (Lipinski definition) is 0. The van der Waals surface area contributed by atoms with Crippen molar-refractivity contribution in [3.63, 3.8) is 0 Å². The molecule has 258 valence electrons. The number of aryl methyl sites for hydroxylation is 1. The van der Waals surface area contributed by atoms with Crippen LogP contribution in [0.4, 0.5) is 13.2 Å². The molecule has 0 N–H and O–H groups in total. The number of aromatic nitrogens is 3. The Morgan fingerprint density at radius 1 is 1.17 bits per heavy atom. The summed E-state index contributed by atoms with van der Waals surface area (Å²) in [7, 11) is -4.54. The van der Waals surface area contributed by atoms with E-state index >= 15 is 0 Å². The van der Waals surface area contributed by atoms with Crippen LogP contribution in [0, 0.1) is 18.6 Å². The highest BCUT2D eigenvalue weighted by Gasteiger charge is 2.52. The number of nitrogens with zero attached hydrogens (tertiary/aromatic N) is 4. The number of benzene rings is 1. The second kappa shape index (κ2) is 15.5. The molecule has 1 saturated heterocycles. The smallest absolute Gasteiger partial charge is 0.399 e. The minimum atomic E-state index is -3.63. The number of rotatable bonds is 8. The van der Waals surface area contributed by atoms with Gasteiger partial charge in [-0.05, 0) is 65.7 Å². The van der Waals surface area contributed by atoms with Gasteiger partial charge in [0.1, 0.15) is 27.4 Å². The molecule has 0 spiro atoms. The molecule has 0 bridgehead atoms. The van der Waals surface area contributed by atoms with Gasteiger partial charge in [-0.2, -0.15) is 0 Å². The third-order valence-electron chi connectivity index (χ3n) is 7.71. The highest BCUT2D eigenvalue weighted by molar-refractivity contribution is 7.90. The summed E-state index contributed by atoms with van der Waals surface area (Å²) in [6, 6.07) is 5.56. The lowest BCUT2D eigenvalue weighted by atomic mass is 9.79. The van der Waals surface area contributed by atoms with E-state index in [0.717, 1.165) is 23.2 Å². The molecule has 1 atom stereocenters. The predicted octanol–water partition coefficient (Wildman–Crippen LogP) is 6.55. The van der Waals surface area contributed by atoms with Gasteiger partial charge in [0.25, 0.3) is 5.56 Å². The number of sulfone groups is 1. The average Bonchev–Trinajstić information content (AvgIpc) is 3.21. The van der Waals surface area contributed by atoms with Crippen LogP contribution < -0.4 is 11.0 Å². The Kier molecular flexibility index (Phi) is 12.6. The normalized spacial score (nSPS) is 17.0. The van der Waals surface area contributed by atoms with Crippen molar-refractivity contribution in [2.45, 2.75) is 76.9 Å². The lowest BCUT2D eigenvalue weighted by Gasteiger charge is -2.32. The highest BCUT2D eigenvalue weighted by Crippen LogP contribution is 2.37. The van der Waals surface area contributed by atoms with Gasteiger partial charge >= 0.3 is 7.12 Å². The Balaban J connectivity index is 0.000000275. The fourth-order valence-electron chi connectivity index (χ4n) is 4.47. The third-order valence-corrected chi connectivity index (χ3v) is 9.46. The van der Waals surface area contributed by atoms with Crippen LogP contribution in [-0.2, 0) is 25.6 Å². The van der Waals surface area contributed by atoms with E-state index in [1.807, 2.05) is 27.7 Å². The zero-order valence-electron chi connectivity index (χ0n) is 27.7. The molecule has 0 amide bonds. The molecule has 0 radical (unpaired) electrons. The minimum absolute atomic E-state index is 0.103. The predicted molar refractivity (Wildman–Crippen MR) is 183 cm³/mol. The first-order valence-electron chi connectivity index (χ1n) is 14.6. The summed E-state index contributed by atoms with van der Waals surface area (Å²) in [5.74, 6) is -2.24. The van der Waals surface area contributed by atoms with E-state index in [0.29, 0.717) is 17.7 Å². The first-order valence-corrected chi connectivity index (χ1v) is 17.3. The Morgan fingerprint density at radius 2 is 1.79 bits per heavy atom. The molecule has 1 unspecified atom stereocenters. The number of allylic oxidation sites excluding steroid dienone is 2. The van der Waals surface area contributed by atoms with E-state index in [9.17, 15) is 26.4 Å². The maximum atomic E-state index is 14.4. The number of aliphatic imine (C=N–C) groups is 1. The molecule has 3 aromatic rings. The Labute approximate surface area is 288 Å². The Hall–Kier alpha value is -3.30. The summed E-state index contributed by atoms with van der Waals surface area (Å²) in [5.41, 5.74) is -0.765. The SMILES string of the molecule is C/C=C/N=C(Cl)/C(F)=C/n1c(C)nc(C(C)Cc2cncc(F)c2)c(Cl)c1=O.CC1(C)OB(c2cccc(S(C)(=O)=O)c2F)OC1(C)C. The second-order valence-corrected chi connectivity index (χ2v) is 14.8. The summed E-state index contributed by atoms with van der Waals surface area (Å²) in [6.07, 6.45) is 7.78. The van der Waals surface area contributed by atoms with Crippen LogP contribution in [0.25, 0.3) is 6.20 Å². The molecule has 0 aliphatic carbocycles. The Bertz CT molecular complexity index is 1920. The highest BCUT2D eigenvalue weighted by atomic mass is 35.5. The van der Waals surface area contributed by atoms with Gasteiger partial charge in [0.15, 0.2) is 20.8 Å². The van der Waals surface area contributed by atoms with Gasteiger partial charge in [-0.3, -0.25) is 14.3 Å². The largest absolute Gasteiger partial charge is 0.497 e. The van der Waals surface area contributed by atoms with Crippen LogP contribution >= 0.6 is 23.2 Å². The zero-order chi connectivity index (χ0) is 36.2. The summed E-state index contributed by atoms with van der Waals surface area (Å²) < 4.78 is 77.4. The molecule has 0 saturated carbocycles. The van der Waals surface area contributed by atoms with Crippen LogP contribution in [0.15, 0.2) is 69.4 Å². The molecule has 1 fully saturated rings. The van der Waals surface area contributed by atoms with Crippen LogP contribution in [0.2, 0.25) is 5.02 Å². The van der Waals surface area contributed by atoms with Gasteiger partial charge < -0.3 is 9.31 Å². The molecular formula is C32H36BCl2F3N4O5S. The first-order chi connectivity index (χ1) is 22.2. The van der Waals surface area contributed by atoms with Gasteiger partial charge in [0, 0.05) is 30.0 Å². The van der Waals surface area contributed by atoms with Crippen molar-refractivity contribution in [2.75, 3.05) is 6.26 Å². The molecule has 1 aliphatic rings. The van der Waals surface area contributed by atoms with E-state index in [4.69, 9.17) is 32.5 Å². The van der Waals surface area contributed by atoms with E-state index < -0.39 is 56.3 Å². The summed E-state index contributed by atoms with van der Waals surface area (Å²) in [4.78, 5) is 24.1. The van der Waals surface area contributed by atoms with Crippen LogP contribution in [0.3, 0.4) is 0 Å². The van der Waals surface area contributed by atoms with Crippen LogP contribution in [-0.4, -0.2) is 52.7 Å². The van der Waals surface area contributed by atoms with Crippen molar-refractivity contribution < 1.29 is 30.9 Å². The van der Waals surface area contributed by atoms with E-state index in [1.54, 1.807) is 26.8 Å². The third kappa shape index (κ3) is 9.23. The van der Waals surface area contributed by atoms with Crippen molar-refractivity contribution in [3.8, 4) is 0 Å². The maximum Gasteiger partial charge on any atom is 0.497 e. The number of halogens is 5. The van der Waals surface area contributed by atoms with E-state index in [2.05, 4.69) is 15.0 Å². The molecule has 1 aliphatic heterocycles. The molecule has 48 heavy (non-hydrogen) atoms. The van der Waals surface area contributed by atoms with Gasteiger partial charge in [-0.15, -0.1) is 0 Å². The van der Waals surface area contributed by atoms with E-state index in [-0.39, 0.29) is 27.1 Å². The van der Waals surface area contributed by atoms with Crippen molar-refractivity contribution >= 4 is 57.0 Å². The fourth-order valence-corrected chi connectivity index (χ4v) is 5.66. The molecule has 16 heteroatoms. The van der Waals surface area contributed by atoms with Crippen LogP contribution in [0.1, 0.15) is 64.5 Å². The van der Waals surface area contributed by atoms with Crippen molar-refractivity contribution in [3.05, 3.63) is 98.9 Å². The van der Waals surface area contributed by atoms with Crippen LogP contribution in [0.5, 0.6) is 0 Å². The monoisotopic (exact) mass is 726 g/mol. The molecular weight excluding hydrogens is 691 g/mol. The number of hydrogen-bond acceptors (Lipinski definition) is 8. The van der Waals surface area contributed by atoms with Crippen molar-refractivity contribution in [1.82, 2.24) is 14.5 Å². The molecule has 2 aromatic heterocycles. The van der Waals surface area contributed by atoms with Crippen molar-refractivity contribution in [2.24, 2.45) is 4.99 Å². The minimum Gasteiger partial charge on any atom is -0.399 e. The standard InChI is InChI=1S/C19H18Cl2F2N4O.C13H18BFO4S/c1-4-5-25-18(21)15(23)10-27-12(3)26-17(16(20)19(27)28)11(2)6-13-7-14(22)9-24-8-13;1-12(2)13(3,4)19-14(18-12)9-7-6-8-10(11(9)15)20(5,16)17/h4-5,7-11H,6H2,1-3H3;6-8H,1-5H3/b5-4+,15-10-,25-18-;. The summed E-state index contributed by atoms with van der Waals surface area (Å²) >= 11 is 11.9. The summed E-state index contributed by atoms with van der Waals surface area (Å²) in [6.45, 7) is 12.5. The quantitative estimate of drug-likeness (QED) is 0.191. The molecule has 1 aromatic carbocycles. The fraction of sp³-hybridized carbons (Fsp3) is 0.375. The first kappa shape index (κ1) is 39.1. The van der Waals surface area contributed by atoms with Gasteiger partial charge in [-0.25, -0.2) is 31.6 Å². The lowest BCUT2D eigenvalue weighted by molar-refractivity contribution is 0.00578. The lowest BCUT2D eigenvalue weighted by Crippen LogP contribution is -2.41. The van der Waals surface area contributed by atoms with Gasteiger partial charge in [-0.1, -0.05) is 48.3 Å². The van der Waals surface area contributed by atoms with E-state index in [1.165, 1.54) is 36.7 Å². The topological polar surface area (TPSA) is 113 Å².